The molecule has 0 heterocycles. The maximum Gasteiger partial charge on any atom is 0.243 e. The summed E-state index contributed by atoms with van der Waals surface area (Å²) >= 11 is 0. The van der Waals surface area contributed by atoms with E-state index in [0.717, 1.165) is 0 Å². The van der Waals surface area contributed by atoms with Gasteiger partial charge in [-0.2, -0.15) is 0 Å². The molecule has 0 saturated carbocycles. The predicted molar refractivity (Wildman–Crippen MR) is 85.9 cm³/mol. The molecule has 5 nitrogen and oxygen atoms in total. The Morgan fingerprint density at radius 3 is 2.19 bits per heavy atom. The molecule has 120 valence electrons. The Bertz CT molecular complexity index is 602. The molecular formula is C15H26N2O3S. The van der Waals surface area contributed by atoms with E-state index in [1.807, 2.05) is 13.8 Å². The van der Waals surface area contributed by atoms with Crippen LogP contribution < -0.4 is 15.2 Å². The van der Waals surface area contributed by atoms with E-state index in [9.17, 15) is 8.42 Å². The lowest BCUT2D eigenvalue weighted by Crippen LogP contribution is -2.45. The average Bonchev–Trinajstić information content (AvgIpc) is 2.22. The smallest absolute Gasteiger partial charge is 0.243 e. The van der Waals surface area contributed by atoms with Crippen molar-refractivity contribution < 1.29 is 13.2 Å². The van der Waals surface area contributed by atoms with Crippen molar-refractivity contribution in [3.05, 3.63) is 18.2 Å². The molecule has 0 aliphatic rings. The first-order chi connectivity index (χ1) is 9.36. The zero-order chi connectivity index (χ0) is 16.5. The van der Waals surface area contributed by atoms with Crippen LogP contribution in [-0.2, 0) is 10.0 Å². The molecule has 1 aromatic carbocycles. The third-order valence-corrected chi connectivity index (χ3v) is 4.66. The van der Waals surface area contributed by atoms with Gasteiger partial charge in [-0.25, -0.2) is 13.1 Å². The molecule has 6 heteroatoms. The van der Waals surface area contributed by atoms with Crippen molar-refractivity contribution in [2.45, 2.75) is 51.5 Å². The molecule has 0 aromatic heterocycles. The molecule has 0 fully saturated rings. The molecule has 0 amide bonds. The van der Waals surface area contributed by atoms with Crippen LogP contribution in [0.15, 0.2) is 23.1 Å². The molecule has 0 atom stereocenters. The van der Waals surface area contributed by atoms with Crippen LogP contribution in [0.25, 0.3) is 0 Å². The van der Waals surface area contributed by atoms with Gasteiger partial charge in [0.1, 0.15) is 10.6 Å². The van der Waals surface area contributed by atoms with Crippen molar-refractivity contribution in [3.8, 4) is 5.75 Å². The minimum atomic E-state index is -3.68. The number of benzene rings is 1. The Kier molecular flexibility index (Phi) is 4.95. The third-order valence-electron chi connectivity index (χ3n) is 2.89. The van der Waals surface area contributed by atoms with Crippen molar-refractivity contribution in [1.82, 2.24) is 4.72 Å². The quantitative estimate of drug-likeness (QED) is 0.819. The van der Waals surface area contributed by atoms with E-state index < -0.39 is 15.6 Å². The fourth-order valence-electron chi connectivity index (χ4n) is 2.68. The number of nitrogens with two attached hydrogens (primary N) is 1. The second kappa shape index (κ2) is 5.85. The number of hydrogen-bond acceptors (Lipinski definition) is 4. The molecule has 0 saturated heterocycles. The zero-order valence-electron chi connectivity index (χ0n) is 13.6. The predicted octanol–water partition coefficient (Wildman–Crippen LogP) is 2.77. The van der Waals surface area contributed by atoms with Gasteiger partial charge in [-0.15, -0.1) is 0 Å². The molecule has 0 aliphatic carbocycles. The van der Waals surface area contributed by atoms with Gasteiger partial charge in [-0.3, -0.25) is 0 Å². The van der Waals surface area contributed by atoms with Crippen LogP contribution in [0.3, 0.4) is 0 Å². The summed E-state index contributed by atoms with van der Waals surface area (Å²) < 4.78 is 32.8. The monoisotopic (exact) mass is 314 g/mol. The van der Waals surface area contributed by atoms with Crippen LogP contribution >= 0.6 is 0 Å². The van der Waals surface area contributed by atoms with Crippen molar-refractivity contribution in [1.29, 1.82) is 0 Å². The summed E-state index contributed by atoms with van der Waals surface area (Å²) in [5.74, 6) is 0.528. The second-order valence-corrected chi connectivity index (χ2v) is 8.78. The summed E-state index contributed by atoms with van der Waals surface area (Å²) in [7, 11) is -2.17. The fraction of sp³-hybridized carbons (Fsp3) is 0.600. The van der Waals surface area contributed by atoms with Gasteiger partial charge >= 0.3 is 0 Å². The SMILES string of the molecule is COc1ccc(S(=O)(=O)NC(C)(C)CC(C)(C)C)c(N)c1. The van der Waals surface area contributed by atoms with E-state index in [4.69, 9.17) is 10.5 Å². The highest BCUT2D eigenvalue weighted by atomic mass is 32.2. The molecule has 1 aromatic rings. The van der Waals surface area contributed by atoms with Gasteiger partial charge < -0.3 is 10.5 Å². The van der Waals surface area contributed by atoms with Crippen LogP contribution in [0, 0.1) is 5.41 Å². The summed E-state index contributed by atoms with van der Waals surface area (Å²) in [4.78, 5) is 0.0743. The number of hydrogen-bond donors (Lipinski definition) is 2. The van der Waals surface area contributed by atoms with E-state index in [1.54, 1.807) is 6.07 Å². The Morgan fingerprint density at radius 2 is 1.76 bits per heavy atom. The first-order valence-corrected chi connectivity index (χ1v) is 8.32. The molecule has 0 radical (unpaired) electrons. The van der Waals surface area contributed by atoms with Gasteiger partial charge in [0.25, 0.3) is 0 Å². The molecular weight excluding hydrogens is 288 g/mol. The zero-order valence-corrected chi connectivity index (χ0v) is 14.5. The molecule has 0 bridgehead atoms. The van der Waals surface area contributed by atoms with Crippen molar-refractivity contribution in [3.63, 3.8) is 0 Å². The van der Waals surface area contributed by atoms with Crippen LogP contribution in [0.2, 0.25) is 0 Å². The van der Waals surface area contributed by atoms with E-state index in [-0.39, 0.29) is 16.0 Å². The lowest BCUT2D eigenvalue weighted by molar-refractivity contribution is 0.269. The molecule has 0 unspecified atom stereocenters. The van der Waals surface area contributed by atoms with Crippen LogP contribution in [-0.4, -0.2) is 21.1 Å². The van der Waals surface area contributed by atoms with E-state index in [2.05, 4.69) is 25.5 Å². The summed E-state index contributed by atoms with van der Waals surface area (Å²) in [6.45, 7) is 9.96. The van der Waals surface area contributed by atoms with Gasteiger partial charge in [-0.1, -0.05) is 20.8 Å². The van der Waals surface area contributed by atoms with Crippen LogP contribution in [0.5, 0.6) is 5.75 Å². The Balaban J connectivity index is 3.07. The number of sulfonamides is 1. The van der Waals surface area contributed by atoms with Crippen LogP contribution in [0.4, 0.5) is 5.69 Å². The normalized spacial score (nSPS) is 13.2. The van der Waals surface area contributed by atoms with Crippen molar-refractivity contribution in [2.75, 3.05) is 12.8 Å². The van der Waals surface area contributed by atoms with Gasteiger partial charge in [0.2, 0.25) is 10.0 Å². The lowest BCUT2D eigenvalue weighted by atomic mass is 9.82. The number of ether oxygens (including phenoxy) is 1. The Morgan fingerprint density at radius 1 is 1.19 bits per heavy atom. The number of nitrogen functional groups attached to an aromatic ring is 1. The average molecular weight is 314 g/mol. The van der Waals surface area contributed by atoms with Crippen molar-refractivity contribution in [2.24, 2.45) is 5.41 Å². The number of methoxy groups -OCH3 is 1. The minimum absolute atomic E-state index is 0.0114. The van der Waals surface area contributed by atoms with Crippen LogP contribution in [0.1, 0.15) is 41.0 Å². The second-order valence-electron chi connectivity index (χ2n) is 7.13. The third kappa shape index (κ3) is 5.21. The van der Waals surface area contributed by atoms with E-state index in [0.29, 0.717) is 12.2 Å². The summed E-state index contributed by atoms with van der Waals surface area (Å²) in [6.07, 6.45) is 0.704. The Labute approximate surface area is 127 Å². The van der Waals surface area contributed by atoms with Crippen molar-refractivity contribution >= 4 is 15.7 Å². The van der Waals surface area contributed by atoms with E-state index in [1.165, 1.54) is 19.2 Å². The highest BCUT2D eigenvalue weighted by Crippen LogP contribution is 2.30. The molecule has 0 spiro atoms. The lowest BCUT2D eigenvalue weighted by Gasteiger charge is -2.33. The molecule has 3 N–H and O–H groups in total. The summed E-state index contributed by atoms with van der Waals surface area (Å²) in [6, 6.07) is 4.55. The van der Waals surface area contributed by atoms with Gasteiger partial charge in [-0.05, 0) is 37.8 Å². The highest BCUT2D eigenvalue weighted by Gasteiger charge is 2.31. The number of rotatable bonds is 5. The maximum atomic E-state index is 12.5. The van der Waals surface area contributed by atoms with E-state index >= 15 is 0 Å². The molecule has 1 rings (SSSR count). The number of anilines is 1. The molecule has 0 aliphatic heterocycles. The van der Waals surface area contributed by atoms with Gasteiger partial charge in [0.15, 0.2) is 0 Å². The molecule has 21 heavy (non-hydrogen) atoms. The first kappa shape index (κ1) is 17.8. The maximum absolute atomic E-state index is 12.5. The number of nitrogens with one attached hydrogen (secondary N) is 1. The van der Waals surface area contributed by atoms with Gasteiger partial charge in [0, 0.05) is 11.6 Å². The summed E-state index contributed by atoms with van der Waals surface area (Å²) in [5, 5.41) is 0. The highest BCUT2D eigenvalue weighted by molar-refractivity contribution is 7.89. The standard InChI is InChI=1S/C15H26N2O3S/c1-14(2,3)10-15(4,5)17-21(18,19)13-8-7-11(20-6)9-12(13)16/h7-9,17H,10,16H2,1-6H3. The van der Waals surface area contributed by atoms with Gasteiger partial charge in [0.05, 0.1) is 12.8 Å². The topological polar surface area (TPSA) is 81.4 Å². The summed E-state index contributed by atoms with van der Waals surface area (Å²) in [5.41, 5.74) is 5.45. The first-order valence-electron chi connectivity index (χ1n) is 6.84. The Hall–Kier alpha value is -1.27. The fourth-order valence-corrected chi connectivity index (χ4v) is 4.20. The largest absolute Gasteiger partial charge is 0.497 e. The minimum Gasteiger partial charge on any atom is -0.497 e.